The highest BCUT2D eigenvalue weighted by Crippen LogP contribution is 2.21. The van der Waals surface area contributed by atoms with Gasteiger partial charge in [0.15, 0.2) is 5.96 Å². The van der Waals surface area contributed by atoms with E-state index in [1.54, 1.807) is 6.20 Å². The van der Waals surface area contributed by atoms with Crippen LogP contribution in [-0.4, -0.2) is 28.3 Å². The Morgan fingerprint density at radius 2 is 2.09 bits per heavy atom. The van der Waals surface area contributed by atoms with Gasteiger partial charge >= 0.3 is 0 Å². The zero-order valence-corrected chi connectivity index (χ0v) is 17.1. The first-order valence-corrected chi connectivity index (χ1v) is 7.83. The van der Waals surface area contributed by atoms with Crippen LogP contribution in [0.4, 0.5) is 0 Å². The second kappa shape index (κ2) is 10.1. The van der Waals surface area contributed by atoms with Crippen molar-refractivity contribution >= 4 is 29.9 Å². The van der Waals surface area contributed by atoms with Crippen LogP contribution in [-0.2, 0) is 13.6 Å². The van der Waals surface area contributed by atoms with Gasteiger partial charge in [0.1, 0.15) is 0 Å². The van der Waals surface area contributed by atoms with Gasteiger partial charge in [-0.15, -0.1) is 24.0 Å². The van der Waals surface area contributed by atoms with Gasteiger partial charge in [0.2, 0.25) is 0 Å². The Hall–Kier alpha value is -0.790. The van der Waals surface area contributed by atoms with Crippen molar-refractivity contribution in [2.45, 2.75) is 60.0 Å². The van der Waals surface area contributed by atoms with Crippen molar-refractivity contribution < 1.29 is 0 Å². The van der Waals surface area contributed by atoms with Crippen LogP contribution in [0.1, 0.15) is 53.2 Å². The van der Waals surface area contributed by atoms with Gasteiger partial charge < -0.3 is 10.6 Å². The Morgan fingerprint density at radius 1 is 1.41 bits per heavy atom. The topological polar surface area (TPSA) is 54.2 Å². The maximum absolute atomic E-state index is 4.63. The number of rotatable bonds is 6. The van der Waals surface area contributed by atoms with Gasteiger partial charge in [-0.05, 0) is 38.2 Å². The van der Waals surface area contributed by atoms with Gasteiger partial charge in [0.25, 0.3) is 0 Å². The fraction of sp³-hybridized carbons (Fsp3) is 0.750. The lowest BCUT2D eigenvalue weighted by molar-refractivity contribution is 0.346. The van der Waals surface area contributed by atoms with E-state index in [0.717, 1.165) is 24.6 Å². The molecule has 1 heterocycles. The van der Waals surface area contributed by atoms with E-state index in [-0.39, 0.29) is 24.0 Å². The molecule has 1 rings (SSSR count). The van der Waals surface area contributed by atoms with E-state index in [2.05, 4.69) is 55.3 Å². The molecule has 0 saturated carbocycles. The van der Waals surface area contributed by atoms with E-state index >= 15 is 0 Å². The number of hydrogen-bond acceptors (Lipinski definition) is 2. The van der Waals surface area contributed by atoms with Crippen molar-refractivity contribution in [1.82, 2.24) is 20.4 Å². The summed E-state index contributed by atoms with van der Waals surface area (Å²) in [5, 5.41) is 10.9. The molecule has 2 N–H and O–H groups in total. The summed E-state index contributed by atoms with van der Waals surface area (Å²) >= 11 is 0. The maximum Gasteiger partial charge on any atom is 0.191 e. The number of aliphatic imine (C=N–C) groups is 1. The molecule has 1 atom stereocenters. The Morgan fingerprint density at radius 3 is 2.59 bits per heavy atom. The summed E-state index contributed by atoms with van der Waals surface area (Å²) < 4.78 is 1.86. The predicted octanol–water partition coefficient (Wildman–Crippen LogP) is 3.31. The predicted molar refractivity (Wildman–Crippen MR) is 105 cm³/mol. The monoisotopic (exact) mass is 421 g/mol. The molecule has 1 aromatic heterocycles. The number of nitrogens with zero attached hydrogens (tertiary/aromatic N) is 3. The van der Waals surface area contributed by atoms with Crippen molar-refractivity contribution in [2.24, 2.45) is 17.5 Å². The van der Waals surface area contributed by atoms with Crippen LogP contribution in [0.2, 0.25) is 0 Å². The summed E-state index contributed by atoms with van der Waals surface area (Å²) in [7, 11) is 1.94. The SMILES string of the molecule is CCNC(=NCc1ccnn1C)NC(C)CCC(C)(C)C.I. The molecule has 0 radical (unpaired) electrons. The second-order valence-corrected chi connectivity index (χ2v) is 6.79. The normalized spacial score (nSPS) is 13.5. The van der Waals surface area contributed by atoms with Gasteiger partial charge in [-0.1, -0.05) is 20.8 Å². The highest BCUT2D eigenvalue weighted by molar-refractivity contribution is 14.0. The zero-order chi connectivity index (χ0) is 15.9. The molecule has 22 heavy (non-hydrogen) atoms. The van der Waals surface area contributed by atoms with Crippen molar-refractivity contribution in [2.75, 3.05) is 6.54 Å². The highest BCUT2D eigenvalue weighted by atomic mass is 127. The van der Waals surface area contributed by atoms with Gasteiger partial charge in [0, 0.05) is 25.8 Å². The number of hydrogen-bond donors (Lipinski definition) is 2. The van der Waals surface area contributed by atoms with E-state index in [1.807, 2.05) is 17.8 Å². The summed E-state index contributed by atoms with van der Waals surface area (Å²) in [6, 6.07) is 2.41. The first kappa shape index (κ1) is 21.2. The van der Waals surface area contributed by atoms with E-state index in [1.165, 1.54) is 6.42 Å². The molecule has 0 bridgehead atoms. The third-order valence-electron chi connectivity index (χ3n) is 3.38. The minimum absolute atomic E-state index is 0. The summed E-state index contributed by atoms with van der Waals surface area (Å²) in [6.07, 6.45) is 4.14. The molecule has 0 saturated heterocycles. The van der Waals surface area contributed by atoms with E-state index in [9.17, 15) is 0 Å². The zero-order valence-electron chi connectivity index (χ0n) is 14.8. The van der Waals surface area contributed by atoms with Crippen molar-refractivity contribution in [3.05, 3.63) is 18.0 Å². The fourth-order valence-electron chi connectivity index (χ4n) is 1.99. The van der Waals surface area contributed by atoms with Gasteiger partial charge in [-0.2, -0.15) is 5.10 Å². The number of aromatic nitrogens is 2. The minimum Gasteiger partial charge on any atom is -0.357 e. The Kier molecular flexibility index (Phi) is 9.71. The smallest absolute Gasteiger partial charge is 0.191 e. The molecule has 1 unspecified atom stereocenters. The van der Waals surface area contributed by atoms with Crippen molar-refractivity contribution in [1.29, 1.82) is 0 Å². The molecule has 5 nitrogen and oxygen atoms in total. The minimum atomic E-state index is 0. The Bertz CT molecular complexity index is 448. The lowest BCUT2D eigenvalue weighted by atomic mass is 9.89. The number of guanidine groups is 1. The molecule has 0 amide bonds. The van der Waals surface area contributed by atoms with Crippen LogP contribution in [0, 0.1) is 5.41 Å². The lowest BCUT2D eigenvalue weighted by Gasteiger charge is -2.23. The number of aryl methyl sites for hydroxylation is 1. The average Bonchev–Trinajstić information content (AvgIpc) is 2.79. The van der Waals surface area contributed by atoms with Crippen LogP contribution in [0.5, 0.6) is 0 Å². The largest absolute Gasteiger partial charge is 0.357 e. The van der Waals surface area contributed by atoms with Crippen molar-refractivity contribution in [3.63, 3.8) is 0 Å². The third-order valence-corrected chi connectivity index (χ3v) is 3.38. The second-order valence-electron chi connectivity index (χ2n) is 6.79. The third kappa shape index (κ3) is 8.60. The molecular formula is C16H32IN5. The fourth-order valence-corrected chi connectivity index (χ4v) is 1.99. The summed E-state index contributed by atoms with van der Waals surface area (Å²) in [6.45, 7) is 12.6. The van der Waals surface area contributed by atoms with Crippen LogP contribution in [0.3, 0.4) is 0 Å². The molecule has 1 aromatic rings. The molecule has 6 heteroatoms. The first-order chi connectivity index (χ1) is 9.81. The molecule has 0 spiro atoms. The summed E-state index contributed by atoms with van der Waals surface area (Å²) in [5.74, 6) is 0.875. The molecule has 0 aromatic carbocycles. The first-order valence-electron chi connectivity index (χ1n) is 7.83. The Labute approximate surface area is 152 Å². The quantitative estimate of drug-likeness (QED) is 0.421. The van der Waals surface area contributed by atoms with E-state index < -0.39 is 0 Å². The maximum atomic E-state index is 4.63. The Balaban J connectivity index is 0.00000441. The number of halogens is 1. The summed E-state index contributed by atoms with van der Waals surface area (Å²) in [5.41, 5.74) is 1.48. The molecule has 128 valence electrons. The van der Waals surface area contributed by atoms with Crippen LogP contribution < -0.4 is 10.6 Å². The van der Waals surface area contributed by atoms with Crippen LogP contribution >= 0.6 is 24.0 Å². The molecule has 0 aliphatic heterocycles. The highest BCUT2D eigenvalue weighted by Gasteiger charge is 2.13. The van der Waals surface area contributed by atoms with Crippen LogP contribution in [0.15, 0.2) is 17.3 Å². The lowest BCUT2D eigenvalue weighted by Crippen LogP contribution is -2.42. The standard InChI is InChI=1S/C16H31N5.HI/c1-7-17-15(18-12-14-9-11-19-21(14)6)20-13(2)8-10-16(3,4)5;/h9,11,13H,7-8,10,12H2,1-6H3,(H2,17,18,20);1H. The molecular weight excluding hydrogens is 389 g/mol. The van der Waals surface area contributed by atoms with E-state index in [4.69, 9.17) is 0 Å². The average molecular weight is 421 g/mol. The summed E-state index contributed by atoms with van der Waals surface area (Å²) in [4.78, 5) is 4.63. The van der Waals surface area contributed by atoms with Gasteiger partial charge in [-0.3, -0.25) is 4.68 Å². The van der Waals surface area contributed by atoms with Crippen molar-refractivity contribution in [3.8, 4) is 0 Å². The van der Waals surface area contributed by atoms with Gasteiger partial charge in [0.05, 0.1) is 12.2 Å². The number of nitrogens with one attached hydrogen (secondary N) is 2. The van der Waals surface area contributed by atoms with Gasteiger partial charge in [-0.25, -0.2) is 4.99 Å². The van der Waals surface area contributed by atoms with Crippen LogP contribution in [0.25, 0.3) is 0 Å². The molecule has 0 aliphatic rings. The van der Waals surface area contributed by atoms with E-state index in [0.29, 0.717) is 18.0 Å². The molecule has 0 fully saturated rings. The molecule has 0 aliphatic carbocycles.